The Hall–Kier alpha value is -10.0. The van der Waals surface area contributed by atoms with Crippen LogP contribution < -0.4 is 20.4 Å². The molecule has 1 unspecified atom stereocenters. The lowest BCUT2D eigenvalue weighted by atomic mass is 9.99. The molecule has 0 saturated heterocycles. The number of fused-ring (bicyclic) bond motifs is 2. The Balaban J connectivity index is 0.000000237. The third-order valence-corrected chi connectivity index (χ3v) is 19.8. The Morgan fingerprint density at radius 2 is 0.863 bits per heavy atom. The number of rotatable bonds is 14. The molecule has 102 heavy (non-hydrogen) atoms. The van der Waals surface area contributed by atoms with Crippen LogP contribution in [0.4, 0.5) is 73.6 Å². The molecule has 26 nitrogen and oxygen atoms in total. The maximum absolute atomic E-state index is 16.0. The molecule has 4 aromatic carbocycles. The Morgan fingerprint density at radius 1 is 0.539 bits per heavy atom. The lowest BCUT2D eigenvalue weighted by Crippen LogP contribution is -2.49. The Morgan fingerprint density at radius 3 is 1.15 bits per heavy atom. The number of anilines is 2. The van der Waals surface area contributed by atoms with Crippen LogP contribution in [0.15, 0.2) is 94.3 Å². The van der Waals surface area contributed by atoms with Gasteiger partial charge in [0.1, 0.15) is 57.1 Å². The van der Waals surface area contributed by atoms with Crippen molar-refractivity contribution >= 4 is 55.1 Å². The van der Waals surface area contributed by atoms with Crippen molar-refractivity contribution in [3.8, 4) is 34.3 Å². The number of hydrogen-bond donors (Lipinski definition) is 2. The summed E-state index contributed by atoms with van der Waals surface area (Å²) in [5.41, 5.74) is -5.21. The molecule has 0 bridgehead atoms. The quantitative estimate of drug-likeness (QED) is 0.0955. The number of halogens is 12. The Bertz CT molecular complexity index is 4480. The van der Waals surface area contributed by atoms with Crippen molar-refractivity contribution < 1.29 is 107 Å². The molecule has 2 atom stereocenters. The summed E-state index contributed by atoms with van der Waals surface area (Å²) in [5.74, 6) is -17.2. The molecule has 40 heteroatoms. The highest BCUT2D eigenvalue weighted by Crippen LogP contribution is 2.48. The van der Waals surface area contributed by atoms with Crippen LogP contribution in [0.25, 0.3) is 34.3 Å². The summed E-state index contributed by atoms with van der Waals surface area (Å²) >= 11 is 0. The predicted octanol–water partition coefficient (Wildman–Crippen LogP) is 11.4. The molecule has 0 saturated carbocycles. The van der Waals surface area contributed by atoms with E-state index in [0.29, 0.717) is 12.1 Å². The van der Waals surface area contributed by atoms with E-state index in [4.69, 9.17) is 18.3 Å². The van der Waals surface area contributed by atoms with Gasteiger partial charge >= 0.3 is 24.5 Å². The van der Waals surface area contributed by atoms with Gasteiger partial charge in [0.25, 0.3) is 35.3 Å². The number of hydrogen-bond acceptors (Lipinski definition) is 20. The molecule has 0 radical (unpaired) electrons. The second-order valence-corrected chi connectivity index (χ2v) is 31.6. The molecular weight excluding hydrogens is 1420 g/mol. The number of carbonyl (C=O) groups is 4. The van der Waals surface area contributed by atoms with Gasteiger partial charge in [-0.05, 0) is 129 Å². The van der Waals surface area contributed by atoms with Gasteiger partial charge in [-0.1, -0.05) is 24.3 Å². The van der Waals surface area contributed by atoms with Crippen LogP contribution in [0.3, 0.4) is 0 Å². The van der Waals surface area contributed by atoms with Gasteiger partial charge in [-0.2, -0.15) is 26.3 Å². The van der Waals surface area contributed by atoms with Crippen molar-refractivity contribution in [2.75, 3.05) is 22.3 Å². The molecule has 0 aliphatic carbocycles. The van der Waals surface area contributed by atoms with Crippen LogP contribution >= 0.6 is 0 Å². The van der Waals surface area contributed by atoms with Crippen LogP contribution in [0.1, 0.15) is 128 Å². The minimum absolute atomic E-state index is 0.147. The van der Waals surface area contributed by atoms with Gasteiger partial charge in [-0.15, -0.1) is 30.6 Å². The Labute approximate surface area is 572 Å². The first-order valence-electron chi connectivity index (χ1n) is 30.0. The molecule has 548 valence electrons. The Kier molecular flexibility index (Phi) is 20.0. The van der Waals surface area contributed by atoms with E-state index in [1.54, 1.807) is 0 Å². The maximum atomic E-state index is 16.0. The number of ether oxygens (including phenoxy) is 2. The van der Waals surface area contributed by atoms with Crippen molar-refractivity contribution in [2.45, 2.75) is 152 Å². The molecule has 0 spiro atoms. The maximum Gasteiger partial charge on any atom is 0.453 e. The standard InChI is InChI=1S/2C31H31F6N7O6S/c2*1-28(2,3)50-27(46)39-21-13-30(33,34)19-12-20(32)18(23-40-41-26(49-23)29(4,5)51(6,47)48)11-22(19)43(24(21)45)14-16-7-9-17(10-8-16)44-15-38-25(42-44)31(35,36)37/h2*7-12,15,21H,13-14H2,1-6H3,(H,39,46)/t21-;/m1./s1. The molecule has 0 fully saturated rings. The fourth-order valence-electron chi connectivity index (χ4n) is 9.83. The number of nitrogens with zero attached hydrogens (tertiary/aromatic N) is 12. The van der Waals surface area contributed by atoms with Crippen LogP contribution in [-0.2, 0) is 85.5 Å². The zero-order valence-electron chi connectivity index (χ0n) is 55.7. The molecule has 10 rings (SSSR count). The summed E-state index contributed by atoms with van der Waals surface area (Å²) in [6.45, 7) is 13.3. The normalized spacial score (nSPS) is 16.8. The van der Waals surface area contributed by atoms with Crippen molar-refractivity contribution in [3.63, 3.8) is 0 Å². The summed E-state index contributed by atoms with van der Waals surface area (Å²) in [7, 11) is -7.64. The lowest BCUT2D eigenvalue weighted by molar-refractivity contribution is -0.145. The highest BCUT2D eigenvalue weighted by atomic mass is 32.2. The van der Waals surface area contributed by atoms with Crippen molar-refractivity contribution in [3.05, 3.63) is 143 Å². The summed E-state index contributed by atoms with van der Waals surface area (Å²) in [6, 6.07) is 9.89. The molecule has 2 aliphatic heterocycles. The van der Waals surface area contributed by atoms with Gasteiger partial charge in [-0.3, -0.25) is 9.59 Å². The summed E-state index contributed by atoms with van der Waals surface area (Å²) in [6.07, 6.45) is -11.0. The number of nitrogens with one attached hydrogen (secondary N) is 2. The number of carbonyl (C=O) groups excluding carboxylic acids is 4. The van der Waals surface area contributed by atoms with Crippen molar-refractivity contribution in [2.24, 2.45) is 0 Å². The van der Waals surface area contributed by atoms with Crippen molar-refractivity contribution in [1.82, 2.24) is 60.6 Å². The van der Waals surface area contributed by atoms with Gasteiger partial charge in [-0.25, -0.2) is 72.1 Å². The first kappa shape index (κ1) is 76.2. The number of benzene rings is 4. The minimum atomic E-state index is -4.79. The molecule has 2 N–H and O–H groups in total. The minimum Gasteiger partial charge on any atom is -0.444 e. The zero-order valence-corrected chi connectivity index (χ0v) is 57.3. The zero-order chi connectivity index (χ0) is 75.8. The average Bonchev–Trinajstić information content (AvgIpc) is 1.51. The number of sulfone groups is 2. The SMILES string of the molecule is CC(C)(C)OC(=O)NC1CC(F)(F)c2cc(F)c(-c3nnc(C(C)(C)S(C)(=O)=O)o3)cc2N(Cc2ccc(-n3cnc(C(F)(F)F)n3)cc2)C1=O.CC(C)(C)OC(=O)N[C@@H]1CC(F)(F)c2cc(F)c(-c3nnc(C(C)(C)S(C)(=O)=O)o3)cc2N(Cc2ccc(-n3cnc(C(F)(F)F)n3)cc2)C1=O. The molecule has 4 aromatic heterocycles. The third kappa shape index (κ3) is 16.5. The van der Waals surface area contributed by atoms with Crippen LogP contribution in [-0.4, -0.2) is 127 Å². The predicted molar refractivity (Wildman–Crippen MR) is 334 cm³/mol. The van der Waals surface area contributed by atoms with E-state index in [1.165, 1.54) is 118 Å². The number of aromatic nitrogens is 10. The second-order valence-electron chi connectivity index (χ2n) is 26.5. The monoisotopic (exact) mass is 1490 g/mol. The van der Waals surface area contributed by atoms with Gasteiger partial charge < -0.3 is 38.7 Å². The fourth-order valence-corrected chi connectivity index (χ4v) is 10.6. The van der Waals surface area contributed by atoms with E-state index in [2.05, 4.69) is 51.2 Å². The van der Waals surface area contributed by atoms with E-state index in [0.717, 1.165) is 56.5 Å². The summed E-state index contributed by atoms with van der Waals surface area (Å²) in [5, 5.41) is 26.1. The number of alkyl halides is 10. The van der Waals surface area contributed by atoms with E-state index in [-0.39, 0.29) is 22.5 Å². The molecule has 4 amide bonds. The first-order chi connectivity index (χ1) is 46.7. The highest BCUT2D eigenvalue weighted by molar-refractivity contribution is 7.91. The summed E-state index contributed by atoms with van der Waals surface area (Å²) < 4.78 is 242. The largest absolute Gasteiger partial charge is 0.453 e. The first-order valence-corrected chi connectivity index (χ1v) is 33.8. The van der Waals surface area contributed by atoms with Gasteiger partial charge in [0.05, 0.1) is 47.0 Å². The fraction of sp³-hybridized carbons (Fsp3) is 0.419. The van der Waals surface area contributed by atoms with E-state index in [1.807, 2.05) is 0 Å². The number of amides is 4. The van der Waals surface area contributed by atoms with Crippen LogP contribution in [0, 0.1) is 11.6 Å². The molecule has 2 aliphatic rings. The van der Waals surface area contributed by atoms with Gasteiger partial charge in [0.2, 0.25) is 23.6 Å². The highest BCUT2D eigenvalue weighted by Gasteiger charge is 2.50. The van der Waals surface area contributed by atoms with Gasteiger partial charge in [0, 0.05) is 36.5 Å². The van der Waals surface area contributed by atoms with Crippen LogP contribution in [0.5, 0.6) is 0 Å². The molecule has 6 heterocycles. The van der Waals surface area contributed by atoms with Gasteiger partial charge in [0.15, 0.2) is 19.7 Å². The molecule has 8 aromatic rings. The van der Waals surface area contributed by atoms with E-state index < -0.39 is 207 Å². The van der Waals surface area contributed by atoms with Crippen LogP contribution in [0.2, 0.25) is 0 Å². The lowest BCUT2D eigenvalue weighted by Gasteiger charge is -2.27. The second kappa shape index (κ2) is 26.7. The molecular formula is C62H62F12N14O12S2. The smallest absolute Gasteiger partial charge is 0.444 e. The summed E-state index contributed by atoms with van der Waals surface area (Å²) in [4.78, 5) is 61.6. The average molecular weight is 1490 g/mol. The topological polar surface area (TPSA) is 325 Å². The third-order valence-electron chi connectivity index (χ3n) is 15.7. The van der Waals surface area contributed by atoms with Crippen molar-refractivity contribution in [1.29, 1.82) is 0 Å². The van der Waals surface area contributed by atoms with E-state index >= 15 is 26.3 Å². The number of alkyl carbamates (subject to hydrolysis) is 2. The van der Waals surface area contributed by atoms with E-state index in [9.17, 15) is 62.4 Å².